The third kappa shape index (κ3) is 4.58. The molecule has 0 radical (unpaired) electrons. The monoisotopic (exact) mass is 445 g/mol. The van der Waals surface area contributed by atoms with E-state index in [0.717, 1.165) is 12.1 Å². The number of carbonyl (C=O) groups is 1. The zero-order chi connectivity index (χ0) is 22.9. The molecule has 166 valence electrons. The number of hydrogen-bond acceptors (Lipinski definition) is 5. The summed E-state index contributed by atoms with van der Waals surface area (Å²) in [7, 11) is 1.55. The molecule has 1 aliphatic rings. The number of alkyl halides is 3. The van der Waals surface area contributed by atoms with Crippen molar-refractivity contribution >= 4 is 5.91 Å². The predicted molar refractivity (Wildman–Crippen MR) is 108 cm³/mol. The fraction of sp³-hybridized carbons (Fsp3) is 0.227. The molecule has 1 aromatic heterocycles. The highest BCUT2D eigenvalue weighted by Crippen LogP contribution is 2.25. The first-order valence-electron chi connectivity index (χ1n) is 9.65. The summed E-state index contributed by atoms with van der Waals surface area (Å²) in [6.45, 7) is 0.404. The third-order valence-corrected chi connectivity index (χ3v) is 5.06. The van der Waals surface area contributed by atoms with E-state index in [1.807, 2.05) is 0 Å². The van der Waals surface area contributed by atoms with Crippen molar-refractivity contribution in [2.45, 2.75) is 19.3 Å². The maximum Gasteiger partial charge on any atom is 0.573 e. The largest absolute Gasteiger partial charge is 0.573 e. The van der Waals surface area contributed by atoms with Crippen LogP contribution >= 0.6 is 0 Å². The van der Waals surface area contributed by atoms with Crippen molar-refractivity contribution in [3.63, 3.8) is 0 Å². The van der Waals surface area contributed by atoms with Gasteiger partial charge in [-0.3, -0.25) is 9.59 Å². The summed E-state index contributed by atoms with van der Waals surface area (Å²) in [5.41, 5.74) is 1.63. The molecule has 0 atom stereocenters. The average molecular weight is 445 g/mol. The van der Waals surface area contributed by atoms with Crippen LogP contribution in [0, 0.1) is 0 Å². The lowest BCUT2D eigenvalue weighted by atomic mass is 10.0. The Labute approximate surface area is 180 Å². The second-order valence-electron chi connectivity index (χ2n) is 7.12. The van der Waals surface area contributed by atoms with Gasteiger partial charge in [-0.1, -0.05) is 0 Å². The van der Waals surface area contributed by atoms with Gasteiger partial charge in [-0.2, -0.15) is 0 Å². The van der Waals surface area contributed by atoms with Crippen LogP contribution in [0.4, 0.5) is 13.2 Å². The first-order valence-corrected chi connectivity index (χ1v) is 9.65. The summed E-state index contributed by atoms with van der Waals surface area (Å²) in [5, 5.41) is 0. The van der Waals surface area contributed by atoms with E-state index in [-0.39, 0.29) is 23.6 Å². The van der Waals surface area contributed by atoms with Gasteiger partial charge in [-0.05, 0) is 55.0 Å². The molecular formula is C22H18F3N3O4. The van der Waals surface area contributed by atoms with E-state index in [0.29, 0.717) is 41.4 Å². The van der Waals surface area contributed by atoms with Crippen LogP contribution in [0.3, 0.4) is 0 Å². The maximum atomic E-state index is 12.9. The number of hydrogen-bond donors (Lipinski definition) is 1. The van der Waals surface area contributed by atoms with E-state index in [1.54, 1.807) is 31.4 Å². The van der Waals surface area contributed by atoms with Crippen LogP contribution in [0.15, 0.2) is 53.3 Å². The van der Waals surface area contributed by atoms with Crippen molar-refractivity contribution in [1.82, 2.24) is 14.9 Å². The number of ether oxygens (including phenoxy) is 2. The molecule has 0 saturated heterocycles. The topological polar surface area (TPSA) is 84.5 Å². The lowest BCUT2D eigenvalue weighted by Gasteiger charge is -2.28. The minimum Gasteiger partial charge on any atom is -0.497 e. The van der Waals surface area contributed by atoms with Crippen LogP contribution < -0.4 is 15.0 Å². The van der Waals surface area contributed by atoms with Gasteiger partial charge in [0, 0.05) is 23.2 Å². The van der Waals surface area contributed by atoms with E-state index in [4.69, 9.17) is 4.74 Å². The predicted octanol–water partition coefficient (Wildman–Crippen LogP) is 3.54. The minimum atomic E-state index is -4.80. The van der Waals surface area contributed by atoms with Gasteiger partial charge in [-0.15, -0.1) is 13.2 Å². The van der Waals surface area contributed by atoms with Crippen molar-refractivity contribution in [2.75, 3.05) is 13.7 Å². The number of H-pyrrole nitrogens is 1. The SMILES string of the molecule is COc1ccc(-c2nc3c(c(=O)[nH]2)CCN(C(=O)c2ccc(OC(F)(F)F)cc2)C3)cc1. The summed E-state index contributed by atoms with van der Waals surface area (Å²) in [6, 6.07) is 11.7. The van der Waals surface area contributed by atoms with Crippen LogP contribution in [-0.4, -0.2) is 40.8 Å². The Bertz CT molecular complexity index is 1190. The Kier molecular flexibility index (Phi) is 5.60. The molecular weight excluding hydrogens is 427 g/mol. The van der Waals surface area contributed by atoms with Gasteiger partial charge in [0.1, 0.15) is 17.3 Å². The number of benzene rings is 2. The average Bonchev–Trinajstić information content (AvgIpc) is 2.77. The van der Waals surface area contributed by atoms with Gasteiger partial charge in [0.15, 0.2) is 0 Å². The molecule has 32 heavy (non-hydrogen) atoms. The molecule has 1 N–H and O–H groups in total. The maximum absolute atomic E-state index is 12.9. The lowest BCUT2D eigenvalue weighted by molar-refractivity contribution is -0.274. The number of nitrogens with zero attached hydrogens (tertiary/aromatic N) is 2. The second-order valence-corrected chi connectivity index (χ2v) is 7.12. The fourth-order valence-corrected chi connectivity index (χ4v) is 3.48. The Morgan fingerprint density at radius 3 is 2.34 bits per heavy atom. The standard InChI is InChI=1S/C22H18F3N3O4/c1-31-15-6-2-13(3-7-15)19-26-18-12-28(11-10-17(18)20(29)27-19)21(30)14-4-8-16(9-5-14)32-22(23,24)25/h2-9H,10-12H2,1H3,(H,26,27,29). The van der Waals surface area contributed by atoms with Gasteiger partial charge in [0.05, 0.1) is 19.3 Å². The summed E-state index contributed by atoms with van der Waals surface area (Å²) in [6.07, 6.45) is -4.48. The van der Waals surface area contributed by atoms with Crippen molar-refractivity contribution in [3.05, 3.63) is 75.7 Å². The molecule has 3 aromatic rings. The first-order chi connectivity index (χ1) is 15.2. The van der Waals surface area contributed by atoms with Gasteiger partial charge in [-0.25, -0.2) is 4.98 Å². The van der Waals surface area contributed by atoms with Crippen molar-refractivity contribution in [1.29, 1.82) is 0 Å². The van der Waals surface area contributed by atoms with E-state index in [1.165, 1.54) is 17.0 Å². The van der Waals surface area contributed by atoms with Crippen molar-refractivity contribution < 1.29 is 27.4 Å². The lowest BCUT2D eigenvalue weighted by Crippen LogP contribution is -2.39. The number of rotatable bonds is 4. The number of amides is 1. The van der Waals surface area contributed by atoms with Crippen LogP contribution in [-0.2, 0) is 13.0 Å². The molecule has 2 heterocycles. The van der Waals surface area contributed by atoms with E-state index >= 15 is 0 Å². The Morgan fingerprint density at radius 2 is 1.72 bits per heavy atom. The van der Waals surface area contributed by atoms with Crippen molar-refractivity contribution in [3.8, 4) is 22.9 Å². The molecule has 0 saturated carbocycles. The number of aromatic nitrogens is 2. The number of carbonyl (C=O) groups excluding carboxylic acids is 1. The third-order valence-electron chi connectivity index (χ3n) is 5.06. The smallest absolute Gasteiger partial charge is 0.497 e. The Hall–Kier alpha value is -3.82. The molecule has 10 heteroatoms. The molecule has 0 spiro atoms. The molecule has 1 aliphatic heterocycles. The number of methoxy groups -OCH3 is 1. The molecule has 4 rings (SSSR count). The van der Waals surface area contributed by atoms with Gasteiger partial charge >= 0.3 is 6.36 Å². The molecule has 0 unspecified atom stereocenters. The van der Waals surface area contributed by atoms with Crippen LogP contribution in [0.1, 0.15) is 21.6 Å². The zero-order valence-corrected chi connectivity index (χ0v) is 16.9. The van der Waals surface area contributed by atoms with Gasteiger partial charge in [0.2, 0.25) is 0 Å². The highest BCUT2D eigenvalue weighted by molar-refractivity contribution is 5.94. The normalized spacial score (nSPS) is 13.4. The minimum absolute atomic E-state index is 0.113. The van der Waals surface area contributed by atoms with Crippen LogP contribution in [0.2, 0.25) is 0 Å². The Balaban J connectivity index is 1.55. The number of aromatic amines is 1. The van der Waals surface area contributed by atoms with Gasteiger partial charge in [0.25, 0.3) is 11.5 Å². The number of fused-ring (bicyclic) bond motifs is 1. The molecule has 0 bridgehead atoms. The van der Waals surface area contributed by atoms with E-state index in [9.17, 15) is 22.8 Å². The highest BCUT2D eigenvalue weighted by Gasteiger charge is 2.31. The molecule has 7 nitrogen and oxygen atoms in total. The molecule has 0 aliphatic carbocycles. The summed E-state index contributed by atoms with van der Waals surface area (Å²) in [4.78, 5) is 34.2. The van der Waals surface area contributed by atoms with Crippen molar-refractivity contribution in [2.24, 2.45) is 0 Å². The second kappa shape index (κ2) is 8.37. The quantitative estimate of drug-likeness (QED) is 0.664. The molecule has 2 aromatic carbocycles. The first kappa shape index (κ1) is 21.4. The fourth-order valence-electron chi connectivity index (χ4n) is 3.48. The summed E-state index contributed by atoms with van der Waals surface area (Å²) in [5.74, 6) is 0.259. The number of nitrogens with one attached hydrogen (secondary N) is 1. The van der Waals surface area contributed by atoms with E-state index in [2.05, 4.69) is 14.7 Å². The number of halogens is 3. The highest BCUT2D eigenvalue weighted by atomic mass is 19.4. The Morgan fingerprint density at radius 1 is 1.06 bits per heavy atom. The van der Waals surface area contributed by atoms with E-state index < -0.39 is 12.1 Å². The molecule has 0 fully saturated rings. The summed E-state index contributed by atoms with van der Waals surface area (Å²) >= 11 is 0. The van der Waals surface area contributed by atoms with Crippen LogP contribution in [0.5, 0.6) is 11.5 Å². The zero-order valence-electron chi connectivity index (χ0n) is 16.9. The van der Waals surface area contributed by atoms with Gasteiger partial charge < -0.3 is 19.4 Å². The van der Waals surface area contributed by atoms with Crippen LogP contribution in [0.25, 0.3) is 11.4 Å². The molecule has 1 amide bonds. The summed E-state index contributed by atoms with van der Waals surface area (Å²) < 4.78 is 45.9.